The first-order valence-electron chi connectivity index (χ1n) is 7.63. The molecule has 2 aromatic heterocycles. The third kappa shape index (κ3) is 3.01. The topological polar surface area (TPSA) is 66.9 Å². The Kier molecular flexibility index (Phi) is 3.63. The monoisotopic (exact) mass is 307 g/mol. The first kappa shape index (κ1) is 13.8. The number of nitrogens with zero attached hydrogens (tertiary/aromatic N) is 4. The Hall–Kier alpha value is -2.89. The summed E-state index contributed by atoms with van der Waals surface area (Å²) in [4.78, 5) is 11.0. The number of ether oxygens (including phenoxy) is 1. The number of aromatic amines is 1. The predicted molar refractivity (Wildman–Crippen MR) is 86.1 cm³/mol. The van der Waals surface area contributed by atoms with Crippen molar-refractivity contribution in [2.45, 2.75) is 19.6 Å². The first-order chi connectivity index (χ1) is 11.4. The molecule has 1 aromatic carbocycles. The molecule has 4 rings (SSSR count). The molecule has 3 heterocycles. The van der Waals surface area contributed by atoms with E-state index >= 15 is 0 Å². The van der Waals surface area contributed by atoms with Gasteiger partial charge >= 0.3 is 0 Å². The molecule has 0 saturated carbocycles. The molecule has 0 amide bonds. The molecule has 6 nitrogen and oxygen atoms in total. The Labute approximate surface area is 134 Å². The number of hydrogen-bond acceptors (Lipinski definition) is 5. The molecule has 3 aromatic rings. The average Bonchev–Trinajstić information content (AvgIpc) is 3.09. The fraction of sp³-hybridized carbons (Fsp3) is 0.235. The van der Waals surface area contributed by atoms with Gasteiger partial charge in [0, 0.05) is 30.8 Å². The Morgan fingerprint density at radius 2 is 1.91 bits per heavy atom. The van der Waals surface area contributed by atoms with E-state index in [1.807, 2.05) is 36.5 Å². The van der Waals surface area contributed by atoms with Crippen LogP contribution in [0.25, 0.3) is 0 Å². The molecule has 0 unspecified atom stereocenters. The van der Waals surface area contributed by atoms with Crippen molar-refractivity contribution in [2.24, 2.45) is 0 Å². The number of benzene rings is 1. The van der Waals surface area contributed by atoms with Crippen molar-refractivity contribution in [1.29, 1.82) is 0 Å². The van der Waals surface area contributed by atoms with Gasteiger partial charge in [0.25, 0.3) is 0 Å². The van der Waals surface area contributed by atoms with Gasteiger partial charge in [-0.25, -0.2) is 9.97 Å². The zero-order valence-electron chi connectivity index (χ0n) is 12.6. The van der Waals surface area contributed by atoms with E-state index in [-0.39, 0.29) is 0 Å². The summed E-state index contributed by atoms with van der Waals surface area (Å²) in [6.07, 6.45) is 6.27. The highest BCUT2D eigenvalue weighted by Gasteiger charge is 2.19. The predicted octanol–water partition coefficient (Wildman–Crippen LogP) is 2.34. The minimum absolute atomic E-state index is 0.519. The molecule has 0 radical (unpaired) electrons. The van der Waals surface area contributed by atoms with Crippen molar-refractivity contribution in [3.05, 3.63) is 65.7 Å². The molecule has 23 heavy (non-hydrogen) atoms. The molecule has 1 aliphatic rings. The van der Waals surface area contributed by atoms with Crippen LogP contribution >= 0.6 is 0 Å². The van der Waals surface area contributed by atoms with Gasteiger partial charge in [0.1, 0.15) is 6.61 Å². The Bertz CT molecular complexity index is 769. The van der Waals surface area contributed by atoms with E-state index in [1.165, 1.54) is 11.3 Å². The second-order valence-electron chi connectivity index (χ2n) is 5.54. The maximum Gasteiger partial charge on any atom is 0.225 e. The second-order valence-corrected chi connectivity index (χ2v) is 5.54. The van der Waals surface area contributed by atoms with Crippen molar-refractivity contribution in [3.63, 3.8) is 0 Å². The summed E-state index contributed by atoms with van der Waals surface area (Å²) in [5, 5.41) is 7.12. The summed E-state index contributed by atoms with van der Waals surface area (Å²) in [5.41, 5.74) is 3.55. The maximum absolute atomic E-state index is 5.72. The maximum atomic E-state index is 5.72. The van der Waals surface area contributed by atoms with Crippen LogP contribution in [0, 0.1) is 0 Å². The molecular weight excluding hydrogens is 290 g/mol. The zero-order chi connectivity index (χ0) is 15.5. The molecule has 0 bridgehead atoms. The summed E-state index contributed by atoms with van der Waals surface area (Å²) >= 11 is 0. The number of nitrogens with one attached hydrogen (secondary N) is 1. The highest BCUT2D eigenvalue weighted by molar-refractivity contribution is 5.37. The zero-order valence-corrected chi connectivity index (χ0v) is 12.6. The lowest BCUT2D eigenvalue weighted by Crippen LogP contribution is -2.31. The van der Waals surface area contributed by atoms with Gasteiger partial charge in [-0.05, 0) is 5.56 Å². The van der Waals surface area contributed by atoms with Crippen molar-refractivity contribution in [1.82, 2.24) is 20.2 Å². The number of rotatable bonds is 4. The van der Waals surface area contributed by atoms with Crippen LogP contribution in [-0.2, 0) is 19.6 Å². The van der Waals surface area contributed by atoms with Crippen LogP contribution in [0.5, 0.6) is 5.75 Å². The molecular formula is C17H17N5O. The number of fused-ring (bicyclic) bond motifs is 1. The van der Waals surface area contributed by atoms with E-state index < -0.39 is 0 Å². The lowest BCUT2D eigenvalue weighted by atomic mass is 10.1. The molecule has 0 spiro atoms. The number of anilines is 1. The van der Waals surface area contributed by atoms with Gasteiger partial charge in [0.05, 0.1) is 18.6 Å². The highest BCUT2D eigenvalue weighted by Crippen LogP contribution is 2.21. The van der Waals surface area contributed by atoms with Gasteiger partial charge in [-0.1, -0.05) is 30.3 Å². The number of aromatic nitrogens is 4. The lowest BCUT2D eigenvalue weighted by Gasteiger charge is -2.26. The average molecular weight is 307 g/mol. The van der Waals surface area contributed by atoms with Gasteiger partial charge < -0.3 is 9.64 Å². The lowest BCUT2D eigenvalue weighted by molar-refractivity contribution is 0.303. The number of hydrogen-bond donors (Lipinski definition) is 1. The van der Waals surface area contributed by atoms with Crippen LogP contribution in [0.1, 0.15) is 16.8 Å². The summed E-state index contributed by atoms with van der Waals surface area (Å²) in [6, 6.07) is 10.1. The van der Waals surface area contributed by atoms with Crippen LogP contribution < -0.4 is 9.64 Å². The van der Waals surface area contributed by atoms with Crippen molar-refractivity contribution < 1.29 is 4.74 Å². The van der Waals surface area contributed by atoms with Crippen LogP contribution in [0.2, 0.25) is 0 Å². The second kappa shape index (κ2) is 6.08. The Balaban J connectivity index is 1.40. The van der Waals surface area contributed by atoms with E-state index in [0.29, 0.717) is 12.4 Å². The van der Waals surface area contributed by atoms with Gasteiger partial charge in [-0.3, -0.25) is 5.10 Å². The van der Waals surface area contributed by atoms with Gasteiger partial charge in [0.15, 0.2) is 5.75 Å². The van der Waals surface area contributed by atoms with E-state index in [0.717, 1.165) is 31.0 Å². The molecule has 1 N–H and O–H groups in total. The van der Waals surface area contributed by atoms with Gasteiger partial charge in [-0.15, -0.1) is 0 Å². The Morgan fingerprint density at radius 1 is 1.09 bits per heavy atom. The highest BCUT2D eigenvalue weighted by atomic mass is 16.5. The van der Waals surface area contributed by atoms with Crippen LogP contribution in [-0.4, -0.2) is 26.7 Å². The molecule has 6 heteroatoms. The number of H-pyrrole nitrogens is 1. The van der Waals surface area contributed by atoms with E-state index in [1.54, 1.807) is 12.4 Å². The molecule has 116 valence electrons. The van der Waals surface area contributed by atoms with Crippen molar-refractivity contribution >= 4 is 5.95 Å². The summed E-state index contributed by atoms with van der Waals surface area (Å²) in [7, 11) is 0. The molecule has 0 fully saturated rings. The van der Waals surface area contributed by atoms with Crippen LogP contribution in [0.15, 0.2) is 48.9 Å². The van der Waals surface area contributed by atoms with Crippen LogP contribution in [0.3, 0.4) is 0 Å². The molecule has 1 aliphatic heterocycles. The molecule has 0 aliphatic carbocycles. The van der Waals surface area contributed by atoms with Crippen molar-refractivity contribution in [3.8, 4) is 5.75 Å². The van der Waals surface area contributed by atoms with E-state index in [4.69, 9.17) is 4.74 Å². The van der Waals surface area contributed by atoms with Gasteiger partial charge in [0.2, 0.25) is 5.95 Å². The summed E-state index contributed by atoms with van der Waals surface area (Å²) in [5.74, 6) is 1.41. The normalized spacial score (nSPS) is 13.7. The third-order valence-corrected chi connectivity index (χ3v) is 3.95. The fourth-order valence-electron chi connectivity index (χ4n) is 2.68. The standard InChI is InChI=1S/C17H17N5O/c1-2-4-13(5-3-1)12-23-15-9-18-17(19-10-15)22-7-6-16-14(11-22)8-20-21-16/h1-5,8-10H,6-7,11-12H2,(H,20,21). The van der Waals surface area contributed by atoms with E-state index in [9.17, 15) is 0 Å². The SMILES string of the molecule is c1ccc(COc2cnc(N3CCc4[nH]ncc4C3)nc2)cc1. The van der Waals surface area contributed by atoms with Crippen LogP contribution in [0.4, 0.5) is 5.95 Å². The minimum atomic E-state index is 0.519. The largest absolute Gasteiger partial charge is 0.486 e. The minimum Gasteiger partial charge on any atom is -0.486 e. The molecule has 0 saturated heterocycles. The molecule has 0 atom stereocenters. The Morgan fingerprint density at radius 3 is 2.74 bits per heavy atom. The first-order valence-corrected chi connectivity index (χ1v) is 7.63. The summed E-state index contributed by atoms with van der Waals surface area (Å²) < 4.78 is 5.72. The van der Waals surface area contributed by atoms with Crippen molar-refractivity contribution in [2.75, 3.05) is 11.4 Å². The summed E-state index contributed by atoms with van der Waals surface area (Å²) in [6.45, 7) is 2.20. The fourth-order valence-corrected chi connectivity index (χ4v) is 2.68. The third-order valence-electron chi connectivity index (χ3n) is 3.95. The van der Waals surface area contributed by atoms with E-state index in [2.05, 4.69) is 25.1 Å². The quantitative estimate of drug-likeness (QED) is 0.801. The van der Waals surface area contributed by atoms with Gasteiger partial charge in [-0.2, -0.15) is 5.10 Å². The smallest absolute Gasteiger partial charge is 0.225 e.